The van der Waals surface area contributed by atoms with Crippen molar-refractivity contribution in [1.29, 1.82) is 0 Å². The van der Waals surface area contributed by atoms with Crippen molar-refractivity contribution in [3.63, 3.8) is 0 Å². The minimum Gasteiger partial charge on any atom is -0.368 e. The Morgan fingerprint density at radius 1 is 1.35 bits per heavy atom. The molecule has 23 heavy (non-hydrogen) atoms. The van der Waals surface area contributed by atoms with Crippen LogP contribution < -0.4 is 10.2 Å². The molecule has 1 aliphatic heterocycles. The lowest BCUT2D eigenvalue weighted by Gasteiger charge is -2.36. The van der Waals surface area contributed by atoms with Crippen LogP contribution in [0.2, 0.25) is 5.02 Å². The third-order valence-electron chi connectivity index (χ3n) is 3.67. The SMILES string of the molecule is CC(C)NC(=O)CN1CCN(c2ccc([N+](=O)[O-])cc2Cl)CC1. The van der Waals surface area contributed by atoms with E-state index in [1.165, 1.54) is 12.1 Å². The van der Waals surface area contributed by atoms with Crippen molar-refractivity contribution in [1.82, 2.24) is 10.2 Å². The number of amides is 1. The van der Waals surface area contributed by atoms with Crippen molar-refractivity contribution in [2.45, 2.75) is 19.9 Å². The summed E-state index contributed by atoms with van der Waals surface area (Å²) in [6.45, 7) is 7.22. The van der Waals surface area contributed by atoms with Gasteiger partial charge in [-0.25, -0.2) is 0 Å². The quantitative estimate of drug-likeness (QED) is 0.654. The third-order valence-corrected chi connectivity index (χ3v) is 3.97. The minimum absolute atomic E-state index is 0.0113. The molecule has 0 saturated carbocycles. The normalized spacial score (nSPS) is 15.7. The first kappa shape index (κ1) is 17.5. The topological polar surface area (TPSA) is 78.7 Å². The molecule has 0 radical (unpaired) electrons. The average Bonchev–Trinajstić information content (AvgIpc) is 2.47. The largest absolute Gasteiger partial charge is 0.368 e. The first-order valence-electron chi connectivity index (χ1n) is 7.57. The highest BCUT2D eigenvalue weighted by Crippen LogP contribution is 2.30. The fourth-order valence-corrected chi connectivity index (χ4v) is 2.88. The van der Waals surface area contributed by atoms with E-state index in [9.17, 15) is 14.9 Å². The van der Waals surface area contributed by atoms with Gasteiger partial charge in [0.25, 0.3) is 5.69 Å². The van der Waals surface area contributed by atoms with Crippen molar-refractivity contribution >= 4 is 28.9 Å². The van der Waals surface area contributed by atoms with Gasteiger partial charge in [-0.05, 0) is 19.9 Å². The summed E-state index contributed by atoms with van der Waals surface area (Å²) in [4.78, 5) is 26.2. The second-order valence-electron chi connectivity index (χ2n) is 5.88. The Morgan fingerprint density at radius 3 is 2.52 bits per heavy atom. The van der Waals surface area contributed by atoms with E-state index in [4.69, 9.17) is 11.6 Å². The molecule has 0 aliphatic carbocycles. The first-order valence-corrected chi connectivity index (χ1v) is 7.95. The Balaban J connectivity index is 1.92. The predicted molar refractivity (Wildman–Crippen MR) is 90.0 cm³/mol. The molecule has 1 N–H and O–H groups in total. The lowest BCUT2D eigenvalue weighted by atomic mass is 10.2. The number of nitro groups is 1. The number of benzene rings is 1. The van der Waals surface area contributed by atoms with E-state index in [-0.39, 0.29) is 17.6 Å². The van der Waals surface area contributed by atoms with Gasteiger partial charge in [-0.15, -0.1) is 0 Å². The number of non-ortho nitro benzene ring substituents is 1. The van der Waals surface area contributed by atoms with Crippen LogP contribution in [0.5, 0.6) is 0 Å². The molecule has 0 spiro atoms. The van der Waals surface area contributed by atoms with Gasteiger partial charge in [0.1, 0.15) is 0 Å². The molecule has 1 aromatic rings. The lowest BCUT2D eigenvalue weighted by Crippen LogP contribution is -2.50. The molecule has 1 saturated heterocycles. The Kier molecular flexibility index (Phi) is 5.79. The molecular weight excluding hydrogens is 320 g/mol. The van der Waals surface area contributed by atoms with Crippen molar-refractivity contribution in [2.75, 3.05) is 37.6 Å². The highest BCUT2D eigenvalue weighted by Gasteiger charge is 2.21. The summed E-state index contributed by atoms with van der Waals surface area (Å²) in [5.41, 5.74) is 0.784. The van der Waals surface area contributed by atoms with Crippen LogP contribution in [0.15, 0.2) is 18.2 Å². The number of carbonyl (C=O) groups excluding carboxylic acids is 1. The molecule has 0 atom stereocenters. The van der Waals surface area contributed by atoms with Gasteiger partial charge in [-0.1, -0.05) is 11.6 Å². The number of nitrogens with zero attached hydrogens (tertiary/aromatic N) is 3. The van der Waals surface area contributed by atoms with Crippen LogP contribution in [0.25, 0.3) is 0 Å². The average molecular weight is 341 g/mol. The second kappa shape index (κ2) is 7.61. The predicted octanol–water partition coefficient (Wildman–Crippen LogP) is 1.89. The third kappa shape index (κ3) is 4.80. The summed E-state index contributed by atoms with van der Waals surface area (Å²) in [5, 5.41) is 14.0. The molecule has 1 fully saturated rings. The van der Waals surface area contributed by atoms with Gasteiger partial charge in [0.2, 0.25) is 5.91 Å². The van der Waals surface area contributed by atoms with Crippen LogP contribution in [-0.4, -0.2) is 54.5 Å². The van der Waals surface area contributed by atoms with Crippen molar-refractivity contribution in [3.8, 4) is 0 Å². The van der Waals surface area contributed by atoms with Crippen LogP contribution >= 0.6 is 11.6 Å². The van der Waals surface area contributed by atoms with Crippen LogP contribution in [0, 0.1) is 10.1 Å². The maximum Gasteiger partial charge on any atom is 0.271 e. The number of nitro benzene ring substituents is 1. The highest BCUT2D eigenvalue weighted by molar-refractivity contribution is 6.33. The summed E-state index contributed by atoms with van der Waals surface area (Å²) in [7, 11) is 0. The molecule has 1 aromatic carbocycles. The highest BCUT2D eigenvalue weighted by atomic mass is 35.5. The van der Waals surface area contributed by atoms with E-state index >= 15 is 0 Å². The fraction of sp³-hybridized carbons (Fsp3) is 0.533. The van der Waals surface area contributed by atoms with Crippen molar-refractivity contribution < 1.29 is 9.72 Å². The van der Waals surface area contributed by atoms with E-state index in [0.29, 0.717) is 11.6 Å². The molecule has 1 amide bonds. The first-order chi connectivity index (χ1) is 10.9. The van der Waals surface area contributed by atoms with Crippen molar-refractivity contribution in [3.05, 3.63) is 33.3 Å². The Hall–Kier alpha value is -1.86. The van der Waals surface area contributed by atoms with Gasteiger partial charge in [0.15, 0.2) is 0 Å². The van der Waals surface area contributed by atoms with Crippen LogP contribution in [-0.2, 0) is 4.79 Å². The monoisotopic (exact) mass is 340 g/mol. The molecular formula is C15H21ClN4O3. The Labute approximate surface area is 140 Å². The smallest absolute Gasteiger partial charge is 0.271 e. The summed E-state index contributed by atoms with van der Waals surface area (Å²) < 4.78 is 0. The zero-order chi connectivity index (χ0) is 17.0. The van der Waals surface area contributed by atoms with Gasteiger partial charge < -0.3 is 10.2 Å². The summed E-state index contributed by atoms with van der Waals surface area (Å²) in [6.07, 6.45) is 0. The van der Waals surface area contributed by atoms with Crippen LogP contribution in [0.3, 0.4) is 0 Å². The standard InChI is InChI=1S/C15H21ClN4O3/c1-11(2)17-15(21)10-18-5-7-19(8-6-18)14-4-3-12(20(22)23)9-13(14)16/h3-4,9,11H,5-8,10H2,1-2H3,(H,17,21). The van der Waals surface area contributed by atoms with Gasteiger partial charge >= 0.3 is 0 Å². The molecule has 1 heterocycles. The van der Waals surface area contributed by atoms with E-state index in [2.05, 4.69) is 15.1 Å². The van der Waals surface area contributed by atoms with Crippen LogP contribution in [0.4, 0.5) is 11.4 Å². The van der Waals surface area contributed by atoms with E-state index in [1.807, 2.05) is 13.8 Å². The maximum atomic E-state index is 11.8. The van der Waals surface area contributed by atoms with E-state index in [1.54, 1.807) is 6.07 Å². The number of nitrogens with one attached hydrogen (secondary N) is 1. The molecule has 1 aliphatic rings. The number of carbonyl (C=O) groups is 1. The number of hydrogen-bond donors (Lipinski definition) is 1. The molecule has 7 nitrogen and oxygen atoms in total. The molecule has 8 heteroatoms. The number of rotatable bonds is 5. The Bertz CT molecular complexity index is 586. The molecule has 0 bridgehead atoms. The summed E-state index contributed by atoms with van der Waals surface area (Å²) in [6, 6.07) is 4.66. The van der Waals surface area contributed by atoms with E-state index in [0.717, 1.165) is 31.9 Å². The van der Waals surface area contributed by atoms with E-state index < -0.39 is 4.92 Å². The zero-order valence-electron chi connectivity index (χ0n) is 13.3. The van der Waals surface area contributed by atoms with Crippen molar-refractivity contribution in [2.24, 2.45) is 0 Å². The molecule has 0 aromatic heterocycles. The zero-order valence-corrected chi connectivity index (χ0v) is 14.0. The summed E-state index contributed by atoms with van der Waals surface area (Å²) in [5.74, 6) is 0.0295. The number of anilines is 1. The van der Waals surface area contributed by atoms with Gasteiger partial charge in [0, 0.05) is 44.4 Å². The molecule has 126 valence electrons. The Morgan fingerprint density at radius 2 is 2.00 bits per heavy atom. The number of halogens is 1. The molecule has 0 unspecified atom stereocenters. The molecule has 2 rings (SSSR count). The van der Waals surface area contributed by atoms with Gasteiger partial charge in [-0.2, -0.15) is 0 Å². The fourth-order valence-electron chi connectivity index (χ4n) is 2.58. The van der Waals surface area contributed by atoms with Crippen LogP contribution in [0.1, 0.15) is 13.8 Å². The maximum absolute atomic E-state index is 11.8. The van der Waals surface area contributed by atoms with Gasteiger partial charge in [0.05, 0.1) is 22.2 Å². The lowest BCUT2D eigenvalue weighted by molar-refractivity contribution is -0.384. The van der Waals surface area contributed by atoms with Gasteiger partial charge in [-0.3, -0.25) is 19.8 Å². The number of hydrogen-bond acceptors (Lipinski definition) is 5. The number of piperazine rings is 1. The minimum atomic E-state index is -0.457. The second-order valence-corrected chi connectivity index (χ2v) is 6.29. The summed E-state index contributed by atoms with van der Waals surface area (Å²) >= 11 is 6.16.